The van der Waals surface area contributed by atoms with Crippen molar-refractivity contribution >= 4 is 0 Å². The number of aryl methyl sites for hydroxylation is 1. The number of fused-ring (bicyclic) bond motifs is 1. The summed E-state index contributed by atoms with van der Waals surface area (Å²) < 4.78 is 13.8. The molecule has 1 aliphatic rings. The highest BCUT2D eigenvalue weighted by atomic mass is 19.1. The van der Waals surface area contributed by atoms with Gasteiger partial charge in [0.15, 0.2) is 0 Å². The molecule has 2 N–H and O–H groups in total. The fourth-order valence-electron chi connectivity index (χ4n) is 4.48. The molecule has 0 fully saturated rings. The van der Waals surface area contributed by atoms with Crippen LogP contribution in [0.1, 0.15) is 35.6 Å². The van der Waals surface area contributed by atoms with E-state index in [1.165, 1.54) is 11.6 Å². The van der Waals surface area contributed by atoms with Crippen molar-refractivity contribution in [2.45, 2.75) is 37.3 Å². The normalized spacial score (nSPS) is 24.0. The molecule has 0 aliphatic heterocycles. The van der Waals surface area contributed by atoms with Crippen LogP contribution in [-0.2, 0) is 18.4 Å². The molecule has 0 saturated heterocycles. The number of benzene rings is 3. The van der Waals surface area contributed by atoms with Gasteiger partial charge in [-0.2, -0.15) is 0 Å². The van der Waals surface area contributed by atoms with E-state index in [1.807, 2.05) is 48.5 Å². The summed E-state index contributed by atoms with van der Waals surface area (Å²) in [5.41, 5.74) is 1.98. The first-order valence-electron chi connectivity index (χ1n) is 9.89. The number of halogens is 1. The van der Waals surface area contributed by atoms with E-state index in [-0.39, 0.29) is 5.82 Å². The fourth-order valence-corrected chi connectivity index (χ4v) is 4.48. The first-order chi connectivity index (χ1) is 13.5. The minimum Gasteiger partial charge on any atom is -0.378 e. The van der Waals surface area contributed by atoms with Gasteiger partial charge in [-0.15, -0.1) is 0 Å². The van der Waals surface area contributed by atoms with E-state index in [9.17, 15) is 9.50 Å². The molecule has 2 unspecified atom stereocenters. The molecule has 0 amide bonds. The van der Waals surface area contributed by atoms with Crippen molar-refractivity contribution in [3.05, 3.63) is 107 Å². The molecule has 0 spiro atoms. The number of nitrogens with one attached hydrogen (secondary N) is 1. The number of hydrogen-bond donors (Lipinski definition) is 2. The summed E-state index contributed by atoms with van der Waals surface area (Å²) in [7, 11) is 0. The second-order valence-corrected chi connectivity index (χ2v) is 7.87. The van der Waals surface area contributed by atoms with Crippen LogP contribution in [0.3, 0.4) is 0 Å². The van der Waals surface area contributed by atoms with E-state index in [2.05, 4.69) is 24.4 Å². The molecule has 0 radical (unpaired) electrons. The van der Waals surface area contributed by atoms with Crippen LogP contribution >= 0.6 is 0 Å². The third-order valence-corrected chi connectivity index (χ3v) is 6.11. The van der Waals surface area contributed by atoms with Gasteiger partial charge in [-0.3, -0.25) is 0 Å². The lowest BCUT2D eigenvalue weighted by atomic mass is 9.64. The van der Waals surface area contributed by atoms with E-state index in [1.54, 1.807) is 12.1 Å². The summed E-state index contributed by atoms with van der Waals surface area (Å²) in [5, 5.41) is 15.8. The third-order valence-electron chi connectivity index (χ3n) is 6.11. The van der Waals surface area contributed by atoms with Gasteiger partial charge < -0.3 is 10.4 Å². The highest BCUT2D eigenvalue weighted by Gasteiger charge is 2.52. The molecule has 0 heterocycles. The summed E-state index contributed by atoms with van der Waals surface area (Å²) in [6.45, 7) is 2.84. The van der Waals surface area contributed by atoms with Crippen molar-refractivity contribution in [3.8, 4) is 0 Å². The van der Waals surface area contributed by atoms with Crippen molar-refractivity contribution < 1.29 is 9.50 Å². The third kappa shape index (κ3) is 3.25. The minimum absolute atomic E-state index is 0.255. The Hall–Kier alpha value is -2.49. The predicted octanol–water partition coefficient (Wildman–Crippen LogP) is 4.60. The predicted molar refractivity (Wildman–Crippen MR) is 111 cm³/mol. The lowest BCUT2D eigenvalue weighted by Gasteiger charge is -2.50. The number of aliphatic hydroxyl groups is 1. The Kier molecular flexibility index (Phi) is 5.05. The molecule has 0 bridgehead atoms. The largest absolute Gasteiger partial charge is 0.378 e. The van der Waals surface area contributed by atoms with Gasteiger partial charge in [0.2, 0.25) is 0 Å². The summed E-state index contributed by atoms with van der Waals surface area (Å²) in [5.74, 6) is -0.255. The van der Waals surface area contributed by atoms with Crippen molar-refractivity contribution in [3.63, 3.8) is 0 Å². The molecule has 2 atom stereocenters. The van der Waals surface area contributed by atoms with Crippen molar-refractivity contribution in [1.82, 2.24) is 5.32 Å². The van der Waals surface area contributed by atoms with Gasteiger partial charge >= 0.3 is 0 Å². The Bertz CT molecular complexity index is 943. The molecule has 0 saturated carbocycles. The molecule has 144 valence electrons. The second-order valence-electron chi connectivity index (χ2n) is 7.87. The highest BCUT2D eigenvalue weighted by molar-refractivity contribution is 5.47. The molecule has 28 heavy (non-hydrogen) atoms. The van der Waals surface area contributed by atoms with Gasteiger partial charge in [0.05, 0.1) is 5.54 Å². The van der Waals surface area contributed by atoms with E-state index in [0.29, 0.717) is 0 Å². The van der Waals surface area contributed by atoms with Crippen LogP contribution < -0.4 is 5.32 Å². The fraction of sp³-hybridized carbons (Fsp3) is 0.280. The van der Waals surface area contributed by atoms with E-state index >= 15 is 0 Å². The van der Waals surface area contributed by atoms with Crippen molar-refractivity contribution in [2.24, 2.45) is 0 Å². The molecule has 0 aromatic heterocycles. The van der Waals surface area contributed by atoms with Crippen LogP contribution in [-0.4, -0.2) is 17.2 Å². The smallest absolute Gasteiger partial charge is 0.133 e. The molecule has 3 heteroatoms. The number of hydrogen-bond acceptors (Lipinski definition) is 2. The van der Waals surface area contributed by atoms with Crippen LogP contribution in [0.15, 0.2) is 78.9 Å². The Morgan fingerprint density at radius 2 is 1.64 bits per heavy atom. The average Bonchev–Trinajstić information content (AvgIpc) is 2.72. The standard InChI is InChI=1S/C25H26FNO/c1-24(27-17-15-19-8-4-2-5-9-19)16-14-20-18-22(26)12-13-23(20)25(24,28)21-10-6-3-7-11-21/h2-13,18,27-28H,14-17H2,1H3. The molecule has 2 nitrogen and oxygen atoms in total. The first kappa shape index (κ1) is 18.9. The zero-order valence-corrected chi connectivity index (χ0v) is 16.2. The minimum atomic E-state index is -1.23. The number of rotatable bonds is 5. The molecule has 3 aromatic rings. The molecule has 4 rings (SSSR count). The zero-order chi connectivity index (χ0) is 19.6. The Labute approximate surface area is 166 Å². The van der Waals surface area contributed by atoms with Gasteiger partial charge in [-0.05, 0) is 67.1 Å². The van der Waals surface area contributed by atoms with Crippen LogP contribution in [0, 0.1) is 5.82 Å². The molecule has 1 aliphatic carbocycles. The lowest BCUT2D eigenvalue weighted by Crippen LogP contribution is -2.62. The van der Waals surface area contributed by atoms with Gasteiger partial charge in [0.25, 0.3) is 0 Å². The maximum Gasteiger partial charge on any atom is 0.133 e. The summed E-state index contributed by atoms with van der Waals surface area (Å²) >= 11 is 0. The quantitative estimate of drug-likeness (QED) is 0.683. The van der Waals surface area contributed by atoms with E-state index in [0.717, 1.165) is 42.5 Å². The van der Waals surface area contributed by atoms with E-state index < -0.39 is 11.1 Å². The SMILES string of the molecule is CC1(NCCc2ccccc2)CCc2cc(F)ccc2C1(O)c1ccccc1. The maximum atomic E-state index is 13.8. The Morgan fingerprint density at radius 1 is 0.964 bits per heavy atom. The summed E-state index contributed by atoms with van der Waals surface area (Å²) in [6, 6.07) is 24.8. The van der Waals surface area contributed by atoms with E-state index in [4.69, 9.17) is 0 Å². The van der Waals surface area contributed by atoms with Gasteiger partial charge in [-0.25, -0.2) is 4.39 Å². The molecular formula is C25H26FNO. The van der Waals surface area contributed by atoms with Gasteiger partial charge in [0, 0.05) is 0 Å². The first-order valence-corrected chi connectivity index (χ1v) is 9.89. The van der Waals surface area contributed by atoms with Gasteiger partial charge in [0.1, 0.15) is 11.4 Å². The summed E-state index contributed by atoms with van der Waals surface area (Å²) in [6.07, 6.45) is 2.35. The monoisotopic (exact) mass is 375 g/mol. The zero-order valence-electron chi connectivity index (χ0n) is 16.2. The average molecular weight is 375 g/mol. The van der Waals surface area contributed by atoms with Crippen LogP contribution in [0.25, 0.3) is 0 Å². The molecular weight excluding hydrogens is 349 g/mol. The van der Waals surface area contributed by atoms with Crippen LogP contribution in [0.2, 0.25) is 0 Å². The summed E-state index contributed by atoms with van der Waals surface area (Å²) in [4.78, 5) is 0. The maximum absolute atomic E-state index is 13.8. The van der Waals surface area contributed by atoms with Gasteiger partial charge in [-0.1, -0.05) is 66.7 Å². The Morgan fingerprint density at radius 3 is 2.36 bits per heavy atom. The molecule has 3 aromatic carbocycles. The van der Waals surface area contributed by atoms with Crippen molar-refractivity contribution in [1.29, 1.82) is 0 Å². The second kappa shape index (κ2) is 7.50. The van der Waals surface area contributed by atoms with Crippen LogP contribution in [0.4, 0.5) is 4.39 Å². The van der Waals surface area contributed by atoms with Crippen LogP contribution in [0.5, 0.6) is 0 Å². The van der Waals surface area contributed by atoms with Crippen molar-refractivity contribution in [2.75, 3.05) is 6.54 Å². The highest BCUT2D eigenvalue weighted by Crippen LogP contribution is 2.47. The Balaban J connectivity index is 1.70. The lowest BCUT2D eigenvalue weighted by molar-refractivity contribution is -0.0270. The topological polar surface area (TPSA) is 32.3 Å².